The average molecular weight is 291 g/mol. The Hall–Kier alpha value is -1.02. The summed E-state index contributed by atoms with van der Waals surface area (Å²) in [6.07, 6.45) is 2.23. The zero-order valence-corrected chi connectivity index (χ0v) is 15.0. The number of benzene rings is 1. The number of hydrogen-bond donors (Lipinski definition) is 1. The fourth-order valence-corrected chi connectivity index (χ4v) is 2.23. The molecule has 120 valence electrons. The van der Waals surface area contributed by atoms with Gasteiger partial charge in [0.05, 0.1) is 6.61 Å². The van der Waals surface area contributed by atoms with E-state index < -0.39 is 0 Å². The van der Waals surface area contributed by atoms with Crippen LogP contribution in [0, 0.1) is 6.92 Å². The lowest BCUT2D eigenvalue weighted by Gasteiger charge is -2.23. The van der Waals surface area contributed by atoms with E-state index in [1.165, 1.54) is 11.1 Å². The van der Waals surface area contributed by atoms with Crippen LogP contribution in [0.1, 0.15) is 65.5 Å². The van der Waals surface area contributed by atoms with Crippen molar-refractivity contribution in [3.8, 4) is 5.75 Å². The summed E-state index contributed by atoms with van der Waals surface area (Å²) >= 11 is 0. The summed E-state index contributed by atoms with van der Waals surface area (Å²) in [5.74, 6) is 1.04. The zero-order chi connectivity index (χ0) is 16.1. The molecule has 0 bridgehead atoms. The summed E-state index contributed by atoms with van der Waals surface area (Å²) in [4.78, 5) is 0. The summed E-state index contributed by atoms with van der Waals surface area (Å²) < 4.78 is 6.02. The molecule has 0 spiro atoms. The minimum absolute atomic E-state index is 0.120. The molecule has 1 N–H and O–H groups in total. The molecule has 21 heavy (non-hydrogen) atoms. The molecule has 0 fully saturated rings. The van der Waals surface area contributed by atoms with Crippen molar-refractivity contribution in [2.45, 2.75) is 72.3 Å². The third-order valence-corrected chi connectivity index (χ3v) is 3.43. The quantitative estimate of drug-likeness (QED) is 0.757. The molecule has 0 aliphatic carbocycles. The molecule has 0 saturated carbocycles. The van der Waals surface area contributed by atoms with Gasteiger partial charge in [-0.25, -0.2) is 0 Å². The molecule has 1 rings (SSSR count). The van der Waals surface area contributed by atoms with Crippen molar-refractivity contribution in [2.24, 2.45) is 0 Å². The van der Waals surface area contributed by atoms with Crippen molar-refractivity contribution < 1.29 is 4.74 Å². The first kappa shape index (κ1) is 18.0. The second-order valence-electron chi connectivity index (χ2n) is 7.98. The Morgan fingerprint density at radius 1 is 1.00 bits per heavy atom. The van der Waals surface area contributed by atoms with Crippen LogP contribution in [0.5, 0.6) is 5.75 Å². The monoisotopic (exact) mass is 291 g/mol. The highest BCUT2D eigenvalue weighted by atomic mass is 16.5. The van der Waals surface area contributed by atoms with Crippen molar-refractivity contribution >= 4 is 0 Å². The summed E-state index contributed by atoms with van der Waals surface area (Å²) in [6, 6.07) is 6.49. The fraction of sp³-hybridized carbons (Fsp3) is 0.684. The van der Waals surface area contributed by atoms with Crippen LogP contribution in [-0.4, -0.2) is 18.7 Å². The molecule has 2 nitrogen and oxygen atoms in total. The van der Waals surface area contributed by atoms with Crippen molar-refractivity contribution in [3.05, 3.63) is 29.3 Å². The van der Waals surface area contributed by atoms with Gasteiger partial charge in [0.25, 0.3) is 0 Å². The van der Waals surface area contributed by atoms with E-state index in [4.69, 9.17) is 4.74 Å². The Morgan fingerprint density at radius 2 is 1.67 bits per heavy atom. The smallest absolute Gasteiger partial charge is 0.123 e. The number of aryl methyl sites for hydroxylation is 1. The van der Waals surface area contributed by atoms with E-state index in [1.54, 1.807) is 0 Å². The SMILES string of the molecule is Cc1ccc(OCCCCNC(C)(C)C)c(C(C)(C)C)c1. The van der Waals surface area contributed by atoms with Crippen LogP contribution in [-0.2, 0) is 5.41 Å². The van der Waals surface area contributed by atoms with Crippen molar-refractivity contribution in [3.63, 3.8) is 0 Å². The average Bonchev–Trinajstić information content (AvgIpc) is 2.32. The first-order valence-electron chi connectivity index (χ1n) is 8.08. The molecule has 0 heterocycles. The van der Waals surface area contributed by atoms with Crippen molar-refractivity contribution in [1.82, 2.24) is 5.32 Å². The highest BCUT2D eigenvalue weighted by Crippen LogP contribution is 2.32. The van der Waals surface area contributed by atoms with Crippen LogP contribution in [0.2, 0.25) is 0 Å². The summed E-state index contributed by atoms with van der Waals surface area (Å²) in [7, 11) is 0. The first-order chi connectivity index (χ1) is 9.59. The van der Waals surface area contributed by atoms with Crippen LogP contribution in [0.4, 0.5) is 0 Å². The Bertz CT molecular complexity index is 438. The van der Waals surface area contributed by atoms with E-state index in [0.29, 0.717) is 0 Å². The van der Waals surface area contributed by atoms with Gasteiger partial charge in [-0.1, -0.05) is 38.5 Å². The third-order valence-electron chi connectivity index (χ3n) is 3.43. The standard InChI is InChI=1S/C19H33NO/c1-15-10-11-17(16(14-15)18(2,3)4)21-13-9-8-12-20-19(5,6)7/h10-11,14,20H,8-9,12-13H2,1-7H3. The second-order valence-corrected chi connectivity index (χ2v) is 7.98. The highest BCUT2D eigenvalue weighted by Gasteiger charge is 2.19. The van der Waals surface area contributed by atoms with Gasteiger partial charge in [0.2, 0.25) is 0 Å². The highest BCUT2D eigenvalue weighted by molar-refractivity contribution is 5.41. The maximum Gasteiger partial charge on any atom is 0.123 e. The zero-order valence-electron chi connectivity index (χ0n) is 15.0. The van der Waals surface area contributed by atoms with Gasteiger partial charge in [0.1, 0.15) is 5.75 Å². The Balaban J connectivity index is 2.46. The van der Waals surface area contributed by atoms with Gasteiger partial charge in [-0.2, -0.15) is 0 Å². The van der Waals surface area contributed by atoms with E-state index in [1.807, 2.05) is 0 Å². The Morgan fingerprint density at radius 3 is 2.24 bits per heavy atom. The van der Waals surface area contributed by atoms with Crippen LogP contribution in [0.3, 0.4) is 0 Å². The molecule has 0 aliphatic rings. The van der Waals surface area contributed by atoms with E-state index in [-0.39, 0.29) is 11.0 Å². The van der Waals surface area contributed by atoms with E-state index in [0.717, 1.165) is 31.7 Å². The maximum atomic E-state index is 6.02. The summed E-state index contributed by atoms with van der Waals surface area (Å²) in [5.41, 5.74) is 2.92. The van der Waals surface area contributed by atoms with Crippen LogP contribution in [0.15, 0.2) is 18.2 Å². The van der Waals surface area contributed by atoms with Gasteiger partial charge >= 0.3 is 0 Å². The normalized spacial score (nSPS) is 12.5. The molecule has 0 aliphatic heterocycles. The Labute approximate surface area is 131 Å². The first-order valence-corrected chi connectivity index (χ1v) is 8.08. The van der Waals surface area contributed by atoms with E-state index >= 15 is 0 Å². The number of unbranched alkanes of at least 4 members (excludes halogenated alkanes) is 1. The lowest BCUT2D eigenvalue weighted by Crippen LogP contribution is -2.36. The molecule has 0 amide bonds. The van der Waals surface area contributed by atoms with Gasteiger partial charge in [0, 0.05) is 5.54 Å². The van der Waals surface area contributed by atoms with E-state index in [9.17, 15) is 0 Å². The molecule has 0 aromatic heterocycles. The van der Waals surface area contributed by atoms with Gasteiger partial charge in [0.15, 0.2) is 0 Å². The predicted molar refractivity (Wildman–Crippen MR) is 92.4 cm³/mol. The molecule has 0 atom stereocenters. The van der Waals surface area contributed by atoms with E-state index in [2.05, 4.69) is 72.0 Å². The fourth-order valence-electron chi connectivity index (χ4n) is 2.23. The number of nitrogens with one attached hydrogen (secondary N) is 1. The minimum Gasteiger partial charge on any atom is -0.493 e. The largest absolute Gasteiger partial charge is 0.493 e. The maximum absolute atomic E-state index is 6.02. The summed E-state index contributed by atoms with van der Waals surface area (Å²) in [5, 5.41) is 3.51. The molecule has 0 saturated heterocycles. The second kappa shape index (κ2) is 7.31. The number of rotatable bonds is 6. The Kier molecular flexibility index (Phi) is 6.27. The van der Waals surface area contributed by atoms with Gasteiger partial charge in [-0.05, 0) is 64.1 Å². The summed E-state index contributed by atoms with van der Waals surface area (Å²) in [6.45, 7) is 17.3. The van der Waals surface area contributed by atoms with Gasteiger partial charge < -0.3 is 10.1 Å². The van der Waals surface area contributed by atoms with Gasteiger partial charge in [-0.15, -0.1) is 0 Å². The van der Waals surface area contributed by atoms with Crippen LogP contribution >= 0.6 is 0 Å². The molecule has 1 aromatic rings. The lowest BCUT2D eigenvalue weighted by molar-refractivity contribution is 0.294. The minimum atomic E-state index is 0.120. The molecule has 0 unspecified atom stereocenters. The van der Waals surface area contributed by atoms with Crippen LogP contribution < -0.4 is 10.1 Å². The van der Waals surface area contributed by atoms with Gasteiger partial charge in [-0.3, -0.25) is 0 Å². The molecular weight excluding hydrogens is 258 g/mol. The van der Waals surface area contributed by atoms with Crippen molar-refractivity contribution in [2.75, 3.05) is 13.2 Å². The molecule has 2 heteroatoms. The number of ether oxygens (including phenoxy) is 1. The van der Waals surface area contributed by atoms with Crippen molar-refractivity contribution in [1.29, 1.82) is 0 Å². The predicted octanol–water partition coefficient (Wildman–Crippen LogP) is 4.84. The lowest BCUT2D eigenvalue weighted by atomic mass is 9.85. The molecular formula is C19H33NO. The topological polar surface area (TPSA) is 21.3 Å². The molecule has 0 radical (unpaired) electrons. The molecule has 1 aromatic carbocycles. The third kappa shape index (κ3) is 6.99. The number of hydrogen-bond acceptors (Lipinski definition) is 2. The van der Waals surface area contributed by atoms with Crippen LogP contribution in [0.25, 0.3) is 0 Å².